The number of aryl methyl sites for hydroxylation is 2. The second kappa shape index (κ2) is 8.00. The number of benzene rings is 2. The summed E-state index contributed by atoms with van der Waals surface area (Å²) in [5, 5.41) is 29.1. The number of aromatic hydroxyl groups is 2. The normalized spacial score (nSPS) is 10.7. The van der Waals surface area contributed by atoms with E-state index in [0.717, 1.165) is 11.1 Å². The number of hydrogen-bond acceptors (Lipinski definition) is 6. The molecule has 6 heteroatoms. The van der Waals surface area contributed by atoms with Gasteiger partial charge >= 0.3 is 5.97 Å². The Morgan fingerprint density at radius 1 is 0.960 bits per heavy atom. The molecule has 0 fully saturated rings. The molecule has 0 amide bonds. The van der Waals surface area contributed by atoms with Gasteiger partial charge in [0.05, 0.1) is 13.0 Å². The molecule has 0 saturated heterocycles. The fourth-order valence-corrected chi connectivity index (χ4v) is 2.89. The maximum absolute atomic E-state index is 11.3. The first-order valence-electron chi connectivity index (χ1n) is 7.81. The number of carbonyl (C=O) groups is 1. The molecule has 2 aromatic carbocycles. The topological polar surface area (TPSA) is 96.2 Å². The minimum absolute atomic E-state index is 0.107. The fraction of sp³-hybridized carbons (Fsp3) is 0.316. The van der Waals surface area contributed by atoms with Gasteiger partial charge in [-0.1, -0.05) is 18.2 Å². The van der Waals surface area contributed by atoms with Crippen molar-refractivity contribution in [2.45, 2.75) is 33.3 Å². The second-order valence-electron chi connectivity index (χ2n) is 6.09. The van der Waals surface area contributed by atoms with Gasteiger partial charge in [-0.05, 0) is 53.3 Å². The number of methoxy groups -OCH3 is 1. The van der Waals surface area contributed by atoms with Crippen LogP contribution in [0.25, 0.3) is 0 Å². The van der Waals surface area contributed by atoms with Crippen LogP contribution in [-0.4, -0.2) is 28.5 Å². The molecule has 2 rings (SSSR count). The Morgan fingerprint density at radius 2 is 1.48 bits per heavy atom. The van der Waals surface area contributed by atoms with E-state index in [0.29, 0.717) is 35.3 Å². The smallest absolute Gasteiger partial charge is 0.346 e. The Hall–Kier alpha value is -2.57. The Kier molecular flexibility index (Phi) is 6.01. The van der Waals surface area contributed by atoms with Crippen LogP contribution in [0.4, 0.5) is 0 Å². The highest BCUT2D eigenvalue weighted by Crippen LogP contribution is 2.31. The van der Waals surface area contributed by atoms with E-state index >= 15 is 0 Å². The second-order valence-corrected chi connectivity index (χ2v) is 6.09. The van der Waals surface area contributed by atoms with Crippen LogP contribution >= 0.6 is 0 Å². The SMILES string of the molecule is COCc1cc(C)c(O)c(Cc2cc(CC(=O)OO)cc(C)c2O)c1. The predicted molar refractivity (Wildman–Crippen MR) is 91.6 cm³/mol. The van der Waals surface area contributed by atoms with Crippen LogP contribution in [0, 0.1) is 13.8 Å². The van der Waals surface area contributed by atoms with Crippen molar-refractivity contribution in [1.82, 2.24) is 0 Å². The van der Waals surface area contributed by atoms with Gasteiger partial charge in [0, 0.05) is 13.5 Å². The molecule has 25 heavy (non-hydrogen) atoms. The standard InChI is InChI=1S/C19H22O6/c1-11-4-13(8-17(20)25-23)6-15(18(11)21)9-16-7-14(10-24-3)5-12(2)19(16)22/h4-7,21-23H,8-10H2,1-3H3. The third-order valence-corrected chi connectivity index (χ3v) is 4.02. The van der Waals surface area contributed by atoms with Crippen molar-refractivity contribution < 1.29 is 29.9 Å². The van der Waals surface area contributed by atoms with Crippen molar-refractivity contribution in [2.75, 3.05) is 7.11 Å². The van der Waals surface area contributed by atoms with E-state index in [1.165, 1.54) is 0 Å². The predicted octanol–water partition coefficient (Wildman–Crippen LogP) is 3.01. The first-order chi connectivity index (χ1) is 11.8. The van der Waals surface area contributed by atoms with Crippen LogP contribution in [0.15, 0.2) is 24.3 Å². The summed E-state index contributed by atoms with van der Waals surface area (Å²) in [6.45, 7) is 3.94. The maximum atomic E-state index is 11.3. The summed E-state index contributed by atoms with van der Waals surface area (Å²) in [4.78, 5) is 15.0. The molecule has 3 N–H and O–H groups in total. The summed E-state index contributed by atoms with van der Waals surface area (Å²) in [7, 11) is 1.60. The van der Waals surface area contributed by atoms with Gasteiger partial charge < -0.3 is 19.8 Å². The summed E-state index contributed by atoms with van der Waals surface area (Å²) >= 11 is 0. The van der Waals surface area contributed by atoms with Gasteiger partial charge in [0.2, 0.25) is 0 Å². The number of hydrogen-bond donors (Lipinski definition) is 3. The zero-order chi connectivity index (χ0) is 18.6. The zero-order valence-corrected chi connectivity index (χ0v) is 14.5. The number of ether oxygens (including phenoxy) is 1. The minimum Gasteiger partial charge on any atom is -0.507 e. The van der Waals surface area contributed by atoms with Crippen molar-refractivity contribution in [1.29, 1.82) is 0 Å². The number of phenols is 2. The van der Waals surface area contributed by atoms with Crippen LogP contribution in [0.5, 0.6) is 11.5 Å². The molecule has 0 bridgehead atoms. The van der Waals surface area contributed by atoms with E-state index in [1.807, 2.05) is 12.1 Å². The Balaban J connectivity index is 2.41. The Morgan fingerprint density at radius 3 is 2.00 bits per heavy atom. The highest BCUT2D eigenvalue weighted by Gasteiger charge is 2.14. The fourth-order valence-electron chi connectivity index (χ4n) is 2.89. The highest BCUT2D eigenvalue weighted by atomic mass is 17.1. The van der Waals surface area contributed by atoms with Gasteiger partial charge in [-0.25, -0.2) is 4.79 Å². The molecule has 134 valence electrons. The van der Waals surface area contributed by atoms with Gasteiger partial charge in [0.15, 0.2) is 0 Å². The van der Waals surface area contributed by atoms with Gasteiger partial charge in [-0.2, -0.15) is 5.26 Å². The number of rotatable bonds is 6. The van der Waals surface area contributed by atoms with Gasteiger partial charge in [-0.15, -0.1) is 0 Å². The molecule has 0 aromatic heterocycles. The lowest BCUT2D eigenvalue weighted by Gasteiger charge is -2.14. The van der Waals surface area contributed by atoms with Crippen LogP contribution in [-0.2, 0) is 33.9 Å². The van der Waals surface area contributed by atoms with Gasteiger partial charge in [0.25, 0.3) is 0 Å². The molecule has 0 atom stereocenters. The van der Waals surface area contributed by atoms with Crippen LogP contribution < -0.4 is 0 Å². The summed E-state index contributed by atoms with van der Waals surface area (Å²) in [5.74, 6) is -0.510. The summed E-state index contributed by atoms with van der Waals surface area (Å²) in [6.07, 6.45) is 0.179. The van der Waals surface area contributed by atoms with E-state index in [1.54, 1.807) is 33.1 Å². The summed E-state index contributed by atoms with van der Waals surface area (Å²) < 4.78 is 5.14. The molecule has 0 aliphatic rings. The molecule has 0 heterocycles. The van der Waals surface area contributed by atoms with Crippen LogP contribution in [0.3, 0.4) is 0 Å². The van der Waals surface area contributed by atoms with Crippen LogP contribution in [0.2, 0.25) is 0 Å². The molecule has 0 aliphatic heterocycles. The summed E-state index contributed by atoms with van der Waals surface area (Å²) in [5.41, 5.74) is 4.08. The first-order valence-corrected chi connectivity index (χ1v) is 7.81. The molecule has 0 unspecified atom stereocenters. The quantitative estimate of drug-likeness (QED) is 0.550. The third kappa shape index (κ3) is 4.49. The largest absolute Gasteiger partial charge is 0.507 e. The minimum atomic E-state index is -0.781. The van der Waals surface area contributed by atoms with E-state index in [4.69, 9.17) is 9.99 Å². The average molecular weight is 346 g/mol. The van der Waals surface area contributed by atoms with E-state index in [9.17, 15) is 15.0 Å². The average Bonchev–Trinajstić information content (AvgIpc) is 2.56. The molecule has 6 nitrogen and oxygen atoms in total. The maximum Gasteiger partial charge on any atom is 0.346 e. The molecule has 0 spiro atoms. The van der Waals surface area contributed by atoms with Crippen molar-refractivity contribution in [3.05, 3.63) is 57.6 Å². The van der Waals surface area contributed by atoms with E-state index < -0.39 is 5.97 Å². The Labute approximate surface area is 146 Å². The first kappa shape index (κ1) is 18.8. The highest BCUT2D eigenvalue weighted by molar-refractivity contribution is 5.72. The van der Waals surface area contributed by atoms with E-state index in [-0.39, 0.29) is 17.9 Å². The Bertz CT molecular complexity index is 782. The molecule has 0 saturated carbocycles. The zero-order valence-electron chi connectivity index (χ0n) is 14.5. The van der Waals surface area contributed by atoms with Crippen molar-refractivity contribution >= 4 is 5.97 Å². The number of phenolic OH excluding ortho intramolecular Hbond substituents is 2. The number of carbonyl (C=O) groups excluding carboxylic acids is 1. The lowest BCUT2D eigenvalue weighted by Crippen LogP contribution is -2.06. The monoisotopic (exact) mass is 346 g/mol. The van der Waals surface area contributed by atoms with Crippen molar-refractivity contribution in [3.8, 4) is 11.5 Å². The van der Waals surface area contributed by atoms with Crippen molar-refractivity contribution in [3.63, 3.8) is 0 Å². The molecular weight excluding hydrogens is 324 g/mol. The van der Waals surface area contributed by atoms with E-state index in [2.05, 4.69) is 4.89 Å². The van der Waals surface area contributed by atoms with Gasteiger partial charge in [-0.3, -0.25) is 0 Å². The summed E-state index contributed by atoms with van der Waals surface area (Å²) in [6, 6.07) is 7.00. The van der Waals surface area contributed by atoms with Gasteiger partial charge in [0.1, 0.15) is 11.5 Å². The van der Waals surface area contributed by atoms with Crippen LogP contribution in [0.1, 0.15) is 33.4 Å². The molecule has 0 radical (unpaired) electrons. The van der Waals surface area contributed by atoms with Crippen molar-refractivity contribution in [2.24, 2.45) is 0 Å². The molecule has 0 aliphatic carbocycles. The lowest BCUT2D eigenvalue weighted by atomic mass is 9.95. The third-order valence-electron chi connectivity index (χ3n) is 4.02. The molecule has 2 aromatic rings. The lowest BCUT2D eigenvalue weighted by molar-refractivity contribution is -0.233. The molecular formula is C19H22O6.